The molecule has 0 radical (unpaired) electrons. The number of nitrogens with one attached hydrogen (secondary N) is 1. The lowest BCUT2D eigenvalue weighted by atomic mass is 10.0. The van der Waals surface area contributed by atoms with E-state index in [-0.39, 0.29) is 22.8 Å². The lowest BCUT2D eigenvalue weighted by Gasteiger charge is -2.32. The van der Waals surface area contributed by atoms with Crippen molar-refractivity contribution in [1.82, 2.24) is 10.2 Å². The van der Waals surface area contributed by atoms with E-state index in [1.54, 1.807) is 11.0 Å². The van der Waals surface area contributed by atoms with Crippen LogP contribution in [0.5, 0.6) is 0 Å². The van der Waals surface area contributed by atoms with Gasteiger partial charge in [0, 0.05) is 31.0 Å². The summed E-state index contributed by atoms with van der Waals surface area (Å²) in [6.07, 6.45) is 5.35. The highest BCUT2D eigenvalue weighted by atomic mass is 32.2. The van der Waals surface area contributed by atoms with Crippen molar-refractivity contribution < 1.29 is 22.4 Å². The molecule has 1 fully saturated rings. The Kier molecular flexibility index (Phi) is 5.13. The molecule has 8 heteroatoms. The van der Waals surface area contributed by atoms with Crippen LogP contribution in [-0.2, 0) is 9.84 Å². The average Bonchev–Trinajstić information content (AvgIpc) is 3.16. The van der Waals surface area contributed by atoms with Crippen LogP contribution >= 0.6 is 0 Å². The molecular weight excluding hydrogens is 356 g/mol. The summed E-state index contributed by atoms with van der Waals surface area (Å²) in [5, 5.41) is 2.94. The smallest absolute Gasteiger partial charge is 0.257 e. The van der Waals surface area contributed by atoms with Gasteiger partial charge < -0.3 is 14.6 Å². The zero-order chi connectivity index (χ0) is 18.7. The molecule has 0 bridgehead atoms. The molecule has 7 nitrogen and oxygen atoms in total. The number of furan rings is 1. The number of carbonyl (C=O) groups excluding carboxylic acids is 2. The van der Waals surface area contributed by atoms with Crippen LogP contribution in [0.4, 0.5) is 0 Å². The van der Waals surface area contributed by atoms with Gasteiger partial charge in [-0.25, -0.2) is 8.42 Å². The number of sulfone groups is 1. The predicted octanol–water partition coefficient (Wildman–Crippen LogP) is 1.72. The van der Waals surface area contributed by atoms with Gasteiger partial charge in [0.25, 0.3) is 11.8 Å². The first-order valence-electron chi connectivity index (χ1n) is 8.27. The molecule has 1 aliphatic rings. The van der Waals surface area contributed by atoms with Crippen molar-refractivity contribution in [2.75, 3.05) is 19.3 Å². The van der Waals surface area contributed by atoms with Gasteiger partial charge >= 0.3 is 0 Å². The molecule has 1 aromatic carbocycles. The van der Waals surface area contributed by atoms with E-state index in [1.165, 1.54) is 36.8 Å². The van der Waals surface area contributed by atoms with Crippen LogP contribution in [0.3, 0.4) is 0 Å². The van der Waals surface area contributed by atoms with E-state index in [4.69, 9.17) is 4.42 Å². The Morgan fingerprint density at radius 2 is 1.73 bits per heavy atom. The summed E-state index contributed by atoms with van der Waals surface area (Å²) in [6, 6.07) is 7.47. The van der Waals surface area contributed by atoms with E-state index in [2.05, 4.69) is 5.32 Å². The Morgan fingerprint density at radius 3 is 2.27 bits per heavy atom. The van der Waals surface area contributed by atoms with Crippen molar-refractivity contribution in [2.45, 2.75) is 23.8 Å². The van der Waals surface area contributed by atoms with E-state index in [9.17, 15) is 18.0 Å². The maximum absolute atomic E-state index is 12.3. The second-order valence-corrected chi connectivity index (χ2v) is 8.36. The summed E-state index contributed by atoms with van der Waals surface area (Å²) < 4.78 is 27.9. The molecular formula is C18H20N2O5S. The van der Waals surface area contributed by atoms with Gasteiger partial charge in [-0.3, -0.25) is 9.59 Å². The Balaban J connectivity index is 1.54. The Hall–Kier alpha value is -2.61. The molecule has 1 aliphatic heterocycles. The third kappa shape index (κ3) is 4.13. The van der Waals surface area contributed by atoms with Crippen LogP contribution in [0.1, 0.15) is 33.6 Å². The highest BCUT2D eigenvalue weighted by Crippen LogP contribution is 2.16. The fourth-order valence-electron chi connectivity index (χ4n) is 2.92. The minimum absolute atomic E-state index is 0.0227. The van der Waals surface area contributed by atoms with Crippen molar-refractivity contribution in [3.05, 3.63) is 54.0 Å². The molecule has 1 aromatic heterocycles. The first-order valence-corrected chi connectivity index (χ1v) is 10.2. The molecule has 0 spiro atoms. The summed E-state index contributed by atoms with van der Waals surface area (Å²) in [5.74, 6) is -0.315. The second kappa shape index (κ2) is 7.33. The molecule has 1 N–H and O–H groups in total. The number of piperidine rings is 1. The number of benzene rings is 1. The molecule has 3 rings (SSSR count). The van der Waals surface area contributed by atoms with Gasteiger partial charge in [-0.15, -0.1) is 0 Å². The lowest BCUT2D eigenvalue weighted by Crippen LogP contribution is -2.46. The van der Waals surface area contributed by atoms with Crippen LogP contribution in [0.25, 0.3) is 0 Å². The van der Waals surface area contributed by atoms with Crippen LogP contribution < -0.4 is 5.32 Å². The summed E-state index contributed by atoms with van der Waals surface area (Å²) in [6.45, 7) is 1.12. The minimum atomic E-state index is -3.28. The molecule has 2 aromatic rings. The molecule has 0 unspecified atom stereocenters. The van der Waals surface area contributed by atoms with E-state index < -0.39 is 9.84 Å². The fraction of sp³-hybridized carbons (Fsp3) is 0.333. The SMILES string of the molecule is CS(=O)(=O)c1ccc(C(=O)NC2CCN(C(=O)c3ccoc3)CC2)cc1. The summed E-state index contributed by atoms with van der Waals surface area (Å²) in [4.78, 5) is 26.5. The van der Waals surface area contributed by atoms with Gasteiger partial charge in [0.1, 0.15) is 6.26 Å². The minimum Gasteiger partial charge on any atom is -0.472 e. The fourth-order valence-corrected chi connectivity index (χ4v) is 3.55. The summed E-state index contributed by atoms with van der Waals surface area (Å²) in [7, 11) is -3.28. The van der Waals surface area contributed by atoms with E-state index >= 15 is 0 Å². The molecule has 2 amide bonds. The van der Waals surface area contributed by atoms with E-state index in [0.29, 0.717) is 37.1 Å². The third-order valence-electron chi connectivity index (χ3n) is 4.43. The quantitative estimate of drug-likeness (QED) is 0.876. The van der Waals surface area contributed by atoms with Crippen molar-refractivity contribution in [2.24, 2.45) is 0 Å². The van der Waals surface area contributed by atoms with Gasteiger partial charge in [-0.2, -0.15) is 0 Å². The Labute approximate surface area is 151 Å². The maximum Gasteiger partial charge on any atom is 0.257 e. The number of likely N-dealkylation sites (tertiary alicyclic amines) is 1. The third-order valence-corrected chi connectivity index (χ3v) is 5.56. The standard InChI is InChI=1S/C18H20N2O5S/c1-26(23,24)16-4-2-13(3-5-16)17(21)19-15-6-9-20(10-7-15)18(22)14-8-11-25-12-14/h2-5,8,11-12,15H,6-7,9-10H2,1H3,(H,19,21). The molecule has 26 heavy (non-hydrogen) atoms. The number of nitrogens with zero attached hydrogens (tertiary/aromatic N) is 1. The number of hydrogen-bond donors (Lipinski definition) is 1. The van der Waals surface area contributed by atoms with Gasteiger partial charge in [0.15, 0.2) is 9.84 Å². The summed E-state index contributed by atoms with van der Waals surface area (Å²) >= 11 is 0. The van der Waals surface area contributed by atoms with Crippen molar-refractivity contribution in [3.63, 3.8) is 0 Å². The lowest BCUT2D eigenvalue weighted by molar-refractivity contribution is 0.0697. The molecule has 0 aliphatic carbocycles. The second-order valence-electron chi connectivity index (χ2n) is 6.35. The zero-order valence-corrected chi connectivity index (χ0v) is 15.2. The van der Waals surface area contributed by atoms with E-state index in [1.807, 2.05) is 0 Å². The first kappa shape index (κ1) is 18.2. The number of hydrogen-bond acceptors (Lipinski definition) is 5. The van der Waals surface area contributed by atoms with Crippen molar-refractivity contribution in [3.8, 4) is 0 Å². The van der Waals surface area contributed by atoms with Crippen LogP contribution in [-0.4, -0.2) is 50.5 Å². The monoisotopic (exact) mass is 376 g/mol. The van der Waals surface area contributed by atoms with Gasteiger partial charge in [0.2, 0.25) is 0 Å². The number of carbonyl (C=O) groups is 2. The van der Waals surface area contributed by atoms with Gasteiger partial charge in [-0.05, 0) is 43.2 Å². The zero-order valence-electron chi connectivity index (χ0n) is 14.3. The molecule has 1 saturated heterocycles. The molecule has 0 saturated carbocycles. The van der Waals surface area contributed by atoms with Crippen LogP contribution in [0.2, 0.25) is 0 Å². The Bertz CT molecular complexity index is 880. The average molecular weight is 376 g/mol. The topological polar surface area (TPSA) is 96.7 Å². The largest absolute Gasteiger partial charge is 0.472 e. The van der Waals surface area contributed by atoms with E-state index in [0.717, 1.165) is 6.26 Å². The Morgan fingerprint density at radius 1 is 1.08 bits per heavy atom. The maximum atomic E-state index is 12.3. The van der Waals surface area contributed by atoms with Crippen molar-refractivity contribution in [1.29, 1.82) is 0 Å². The molecule has 138 valence electrons. The van der Waals surface area contributed by atoms with Crippen molar-refractivity contribution >= 4 is 21.7 Å². The highest BCUT2D eigenvalue weighted by Gasteiger charge is 2.25. The molecule has 2 heterocycles. The normalized spacial score (nSPS) is 15.7. The van der Waals surface area contributed by atoms with Gasteiger partial charge in [-0.1, -0.05) is 0 Å². The first-order chi connectivity index (χ1) is 12.3. The van der Waals surface area contributed by atoms with Crippen LogP contribution in [0, 0.1) is 0 Å². The number of amides is 2. The van der Waals surface area contributed by atoms with Gasteiger partial charge in [0.05, 0.1) is 16.7 Å². The van der Waals surface area contributed by atoms with Crippen LogP contribution in [0.15, 0.2) is 52.2 Å². The number of rotatable bonds is 4. The molecule has 0 atom stereocenters. The summed E-state index contributed by atoms with van der Waals surface area (Å²) in [5.41, 5.74) is 0.938. The predicted molar refractivity (Wildman–Crippen MR) is 94.7 cm³/mol. The highest BCUT2D eigenvalue weighted by molar-refractivity contribution is 7.90.